The van der Waals surface area contributed by atoms with E-state index in [1.165, 1.54) is 12.3 Å². The van der Waals surface area contributed by atoms with Crippen molar-refractivity contribution in [2.45, 2.75) is 19.5 Å². The maximum Gasteiger partial charge on any atom is 0.339 e. The zero-order valence-electron chi connectivity index (χ0n) is 9.87. The molecular formula is C12H15N3O3. The molecule has 0 aliphatic heterocycles. The van der Waals surface area contributed by atoms with Crippen molar-refractivity contribution in [3.63, 3.8) is 0 Å². The molecule has 0 saturated carbocycles. The predicted octanol–water partition coefficient (Wildman–Crippen LogP) is 1.35. The van der Waals surface area contributed by atoms with Gasteiger partial charge < -0.3 is 14.8 Å². The Kier molecular flexibility index (Phi) is 4.14. The molecule has 0 atom stereocenters. The SMILES string of the molecule is O=C(O)c1ccoc1CNCCCn1cccn1. The van der Waals surface area contributed by atoms with Crippen molar-refractivity contribution in [1.29, 1.82) is 0 Å². The van der Waals surface area contributed by atoms with Gasteiger partial charge in [-0.2, -0.15) is 5.10 Å². The number of aromatic carboxylic acids is 1. The molecule has 2 N–H and O–H groups in total. The van der Waals surface area contributed by atoms with E-state index >= 15 is 0 Å². The molecule has 0 aromatic carbocycles. The Balaban J connectivity index is 1.69. The van der Waals surface area contributed by atoms with Gasteiger partial charge in [-0.3, -0.25) is 4.68 Å². The van der Waals surface area contributed by atoms with Crippen LogP contribution in [-0.4, -0.2) is 27.4 Å². The lowest BCUT2D eigenvalue weighted by Crippen LogP contribution is -2.17. The number of hydrogen-bond acceptors (Lipinski definition) is 4. The Morgan fingerprint density at radius 1 is 1.56 bits per heavy atom. The number of nitrogens with one attached hydrogen (secondary N) is 1. The Morgan fingerprint density at radius 3 is 3.17 bits per heavy atom. The average molecular weight is 249 g/mol. The van der Waals surface area contributed by atoms with Gasteiger partial charge in [-0.05, 0) is 25.1 Å². The number of aromatic nitrogens is 2. The van der Waals surface area contributed by atoms with E-state index in [0.717, 1.165) is 19.5 Å². The summed E-state index contributed by atoms with van der Waals surface area (Å²) in [6.07, 6.45) is 5.97. The van der Waals surface area contributed by atoms with E-state index in [1.54, 1.807) is 6.20 Å². The lowest BCUT2D eigenvalue weighted by Gasteiger charge is -2.04. The topological polar surface area (TPSA) is 80.3 Å². The van der Waals surface area contributed by atoms with Gasteiger partial charge in [-0.15, -0.1) is 0 Å². The normalized spacial score (nSPS) is 10.7. The van der Waals surface area contributed by atoms with Crippen molar-refractivity contribution in [2.24, 2.45) is 0 Å². The van der Waals surface area contributed by atoms with Crippen LogP contribution in [0.4, 0.5) is 0 Å². The van der Waals surface area contributed by atoms with Crippen LogP contribution in [0.15, 0.2) is 35.2 Å². The zero-order valence-corrected chi connectivity index (χ0v) is 9.87. The first-order chi connectivity index (χ1) is 8.77. The van der Waals surface area contributed by atoms with E-state index in [4.69, 9.17) is 9.52 Å². The molecule has 2 aromatic heterocycles. The summed E-state index contributed by atoms with van der Waals surface area (Å²) in [5.41, 5.74) is 0.217. The summed E-state index contributed by atoms with van der Waals surface area (Å²) in [6, 6.07) is 3.35. The third-order valence-electron chi connectivity index (χ3n) is 2.56. The van der Waals surface area contributed by atoms with Crippen LogP contribution in [0.5, 0.6) is 0 Å². The Morgan fingerprint density at radius 2 is 2.44 bits per heavy atom. The van der Waals surface area contributed by atoms with Crippen LogP contribution in [0.3, 0.4) is 0 Å². The second kappa shape index (κ2) is 6.02. The summed E-state index contributed by atoms with van der Waals surface area (Å²) < 4.78 is 6.98. The summed E-state index contributed by atoms with van der Waals surface area (Å²) in [4.78, 5) is 10.8. The lowest BCUT2D eigenvalue weighted by molar-refractivity contribution is 0.0694. The largest absolute Gasteiger partial charge is 0.478 e. The molecule has 2 rings (SSSR count). The second-order valence-electron chi connectivity index (χ2n) is 3.86. The number of carboxylic acids is 1. The minimum atomic E-state index is -0.961. The molecule has 96 valence electrons. The number of rotatable bonds is 7. The summed E-state index contributed by atoms with van der Waals surface area (Å²) in [7, 11) is 0. The van der Waals surface area contributed by atoms with E-state index in [-0.39, 0.29) is 5.56 Å². The third kappa shape index (κ3) is 3.21. The molecule has 0 spiro atoms. The number of aryl methyl sites for hydroxylation is 1. The number of nitrogens with zero attached hydrogens (tertiary/aromatic N) is 2. The first-order valence-corrected chi connectivity index (χ1v) is 5.75. The van der Waals surface area contributed by atoms with Gasteiger partial charge in [0.15, 0.2) is 0 Å². The molecule has 0 bridgehead atoms. The van der Waals surface area contributed by atoms with Crippen molar-refractivity contribution < 1.29 is 14.3 Å². The quantitative estimate of drug-likeness (QED) is 0.724. The van der Waals surface area contributed by atoms with E-state index in [2.05, 4.69) is 10.4 Å². The van der Waals surface area contributed by atoms with Crippen LogP contribution >= 0.6 is 0 Å². The standard InChI is InChI=1S/C12H15N3O3/c16-12(17)10-3-8-18-11(10)9-13-4-1-6-15-7-2-5-14-15/h2-3,5,7-8,13H,1,4,6,9H2,(H,16,17). The molecule has 0 unspecified atom stereocenters. The van der Waals surface area contributed by atoms with Crippen molar-refractivity contribution in [1.82, 2.24) is 15.1 Å². The van der Waals surface area contributed by atoms with Crippen molar-refractivity contribution >= 4 is 5.97 Å². The minimum Gasteiger partial charge on any atom is -0.478 e. The molecule has 0 amide bonds. The molecule has 2 heterocycles. The van der Waals surface area contributed by atoms with E-state index in [1.807, 2.05) is 16.9 Å². The monoisotopic (exact) mass is 249 g/mol. The summed E-state index contributed by atoms with van der Waals surface area (Å²) in [5, 5.41) is 16.1. The van der Waals surface area contributed by atoms with Crippen molar-refractivity contribution in [3.8, 4) is 0 Å². The molecule has 2 aromatic rings. The number of hydrogen-bond donors (Lipinski definition) is 2. The first kappa shape index (κ1) is 12.4. The molecule has 6 heteroatoms. The highest BCUT2D eigenvalue weighted by molar-refractivity contribution is 5.88. The lowest BCUT2D eigenvalue weighted by atomic mass is 10.2. The van der Waals surface area contributed by atoms with Gasteiger partial charge in [0, 0.05) is 18.9 Å². The van der Waals surface area contributed by atoms with Gasteiger partial charge in [-0.25, -0.2) is 4.79 Å². The van der Waals surface area contributed by atoms with Gasteiger partial charge in [0.1, 0.15) is 11.3 Å². The van der Waals surface area contributed by atoms with Crippen LogP contribution in [0, 0.1) is 0 Å². The molecule has 18 heavy (non-hydrogen) atoms. The highest BCUT2D eigenvalue weighted by atomic mass is 16.4. The fourth-order valence-corrected chi connectivity index (χ4v) is 1.67. The van der Waals surface area contributed by atoms with E-state index < -0.39 is 5.97 Å². The minimum absolute atomic E-state index is 0.217. The summed E-state index contributed by atoms with van der Waals surface area (Å²) in [6.45, 7) is 2.04. The first-order valence-electron chi connectivity index (χ1n) is 5.75. The van der Waals surface area contributed by atoms with Crippen LogP contribution in [0.2, 0.25) is 0 Å². The fraction of sp³-hybridized carbons (Fsp3) is 0.333. The van der Waals surface area contributed by atoms with Crippen LogP contribution in [0.25, 0.3) is 0 Å². The van der Waals surface area contributed by atoms with Gasteiger partial charge in [0.2, 0.25) is 0 Å². The van der Waals surface area contributed by atoms with Crippen LogP contribution < -0.4 is 5.32 Å². The Hall–Kier alpha value is -2.08. The van der Waals surface area contributed by atoms with E-state index in [9.17, 15) is 4.79 Å². The van der Waals surface area contributed by atoms with E-state index in [0.29, 0.717) is 12.3 Å². The third-order valence-corrected chi connectivity index (χ3v) is 2.56. The summed E-state index contributed by atoms with van der Waals surface area (Å²) in [5.74, 6) is -0.501. The average Bonchev–Trinajstić information content (AvgIpc) is 2.98. The van der Waals surface area contributed by atoms with Crippen molar-refractivity contribution in [2.75, 3.05) is 6.54 Å². The van der Waals surface area contributed by atoms with Gasteiger partial charge in [0.25, 0.3) is 0 Å². The molecule has 0 aliphatic carbocycles. The smallest absolute Gasteiger partial charge is 0.339 e. The van der Waals surface area contributed by atoms with Crippen molar-refractivity contribution in [3.05, 3.63) is 42.1 Å². The predicted molar refractivity (Wildman–Crippen MR) is 64.2 cm³/mol. The molecule has 0 fully saturated rings. The van der Waals surface area contributed by atoms with Gasteiger partial charge in [0.05, 0.1) is 12.8 Å². The number of carbonyl (C=O) groups is 1. The molecular weight excluding hydrogens is 234 g/mol. The number of carboxylic acid groups (broad SMARTS) is 1. The second-order valence-corrected chi connectivity index (χ2v) is 3.86. The maximum atomic E-state index is 10.8. The Bertz CT molecular complexity index is 490. The molecule has 6 nitrogen and oxygen atoms in total. The highest BCUT2D eigenvalue weighted by Crippen LogP contribution is 2.09. The van der Waals surface area contributed by atoms with Gasteiger partial charge in [-0.1, -0.05) is 0 Å². The van der Waals surface area contributed by atoms with Crippen LogP contribution in [0.1, 0.15) is 22.5 Å². The molecule has 0 aliphatic rings. The molecule has 0 radical (unpaired) electrons. The maximum absolute atomic E-state index is 10.8. The van der Waals surface area contributed by atoms with Gasteiger partial charge >= 0.3 is 5.97 Å². The molecule has 0 saturated heterocycles. The zero-order chi connectivity index (χ0) is 12.8. The Labute approximate surface area is 104 Å². The highest BCUT2D eigenvalue weighted by Gasteiger charge is 2.12. The fourth-order valence-electron chi connectivity index (χ4n) is 1.67. The number of furan rings is 1. The summed E-state index contributed by atoms with van der Waals surface area (Å²) >= 11 is 0. The van der Waals surface area contributed by atoms with Crippen LogP contribution in [-0.2, 0) is 13.1 Å².